The standard InChI is InChI=1S/C13H20FNS/c1-3-10(2)9-16-13(8-15)11-6-4-5-7-12(11)14/h4-7,10,13H,3,8-9,15H2,1-2H3. The van der Waals surface area contributed by atoms with Gasteiger partial charge in [0.1, 0.15) is 5.82 Å². The predicted octanol–water partition coefficient (Wildman–Crippen LogP) is 3.60. The average molecular weight is 241 g/mol. The van der Waals surface area contributed by atoms with Crippen molar-refractivity contribution in [3.63, 3.8) is 0 Å². The Labute approximate surface area is 102 Å². The van der Waals surface area contributed by atoms with Gasteiger partial charge in [-0.1, -0.05) is 38.5 Å². The summed E-state index contributed by atoms with van der Waals surface area (Å²) >= 11 is 1.76. The van der Waals surface area contributed by atoms with Crippen LogP contribution in [0.4, 0.5) is 4.39 Å². The van der Waals surface area contributed by atoms with Crippen molar-refractivity contribution >= 4 is 11.8 Å². The average Bonchev–Trinajstić information content (AvgIpc) is 2.31. The van der Waals surface area contributed by atoms with Crippen molar-refractivity contribution < 1.29 is 4.39 Å². The molecule has 0 heterocycles. The fourth-order valence-corrected chi connectivity index (χ4v) is 2.72. The third kappa shape index (κ3) is 3.80. The van der Waals surface area contributed by atoms with Crippen LogP contribution in [-0.2, 0) is 0 Å². The van der Waals surface area contributed by atoms with Crippen molar-refractivity contribution in [1.82, 2.24) is 0 Å². The van der Waals surface area contributed by atoms with E-state index in [1.165, 1.54) is 6.07 Å². The van der Waals surface area contributed by atoms with Crippen LogP contribution in [0.3, 0.4) is 0 Å². The van der Waals surface area contributed by atoms with E-state index in [0.717, 1.165) is 17.7 Å². The third-order valence-corrected chi connectivity index (χ3v) is 4.36. The van der Waals surface area contributed by atoms with Gasteiger partial charge in [0.15, 0.2) is 0 Å². The van der Waals surface area contributed by atoms with Gasteiger partial charge in [0.2, 0.25) is 0 Å². The zero-order valence-corrected chi connectivity index (χ0v) is 10.8. The van der Waals surface area contributed by atoms with E-state index in [1.54, 1.807) is 17.8 Å². The molecule has 3 heteroatoms. The summed E-state index contributed by atoms with van der Waals surface area (Å²) in [6, 6.07) is 6.91. The van der Waals surface area contributed by atoms with Gasteiger partial charge < -0.3 is 5.73 Å². The summed E-state index contributed by atoms with van der Waals surface area (Å²) < 4.78 is 13.6. The Morgan fingerprint density at radius 2 is 2.06 bits per heavy atom. The van der Waals surface area contributed by atoms with Gasteiger partial charge in [0.25, 0.3) is 0 Å². The van der Waals surface area contributed by atoms with E-state index in [1.807, 2.05) is 12.1 Å². The summed E-state index contributed by atoms with van der Waals surface area (Å²) in [6.07, 6.45) is 1.15. The number of hydrogen-bond acceptors (Lipinski definition) is 2. The first kappa shape index (κ1) is 13.5. The minimum atomic E-state index is -0.144. The summed E-state index contributed by atoms with van der Waals surface area (Å²) in [5.74, 6) is 1.55. The molecule has 0 bridgehead atoms. The molecule has 1 aromatic rings. The summed E-state index contributed by atoms with van der Waals surface area (Å²) in [6.45, 7) is 4.87. The largest absolute Gasteiger partial charge is 0.329 e. The molecule has 16 heavy (non-hydrogen) atoms. The van der Waals surface area contributed by atoms with E-state index in [2.05, 4.69) is 13.8 Å². The second-order valence-corrected chi connectivity index (χ2v) is 5.33. The summed E-state index contributed by atoms with van der Waals surface area (Å²) in [5, 5.41) is 0.0789. The maximum absolute atomic E-state index is 13.6. The lowest BCUT2D eigenvalue weighted by atomic mass is 10.1. The second kappa shape index (κ2) is 6.92. The van der Waals surface area contributed by atoms with Crippen molar-refractivity contribution in [3.05, 3.63) is 35.6 Å². The monoisotopic (exact) mass is 241 g/mol. The fraction of sp³-hybridized carbons (Fsp3) is 0.538. The molecule has 0 aromatic heterocycles. The van der Waals surface area contributed by atoms with Crippen LogP contribution in [0.2, 0.25) is 0 Å². The maximum atomic E-state index is 13.6. The number of nitrogens with two attached hydrogens (primary N) is 1. The van der Waals surface area contributed by atoms with Gasteiger partial charge in [-0.3, -0.25) is 0 Å². The van der Waals surface area contributed by atoms with E-state index in [-0.39, 0.29) is 11.1 Å². The Hall–Kier alpha value is -0.540. The van der Waals surface area contributed by atoms with E-state index < -0.39 is 0 Å². The van der Waals surface area contributed by atoms with Crippen LogP contribution in [0.25, 0.3) is 0 Å². The minimum absolute atomic E-state index is 0.0789. The van der Waals surface area contributed by atoms with Crippen molar-refractivity contribution in [2.75, 3.05) is 12.3 Å². The molecule has 0 radical (unpaired) electrons. The predicted molar refractivity (Wildman–Crippen MR) is 70.1 cm³/mol. The normalized spacial score (nSPS) is 14.8. The SMILES string of the molecule is CCC(C)CSC(CN)c1ccccc1F. The smallest absolute Gasteiger partial charge is 0.127 e. The van der Waals surface area contributed by atoms with Crippen LogP contribution in [-0.4, -0.2) is 12.3 Å². The summed E-state index contributed by atoms with van der Waals surface area (Å²) in [5.41, 5.74) is 6.45. The van der Waals surface area contributed by atoms with Gasteiger partial charge in [-0.25, -0.2) is 4.39 Å². The quantitative estimate of drug-likeness (QED) is 0.823. The first-order chi connectivity index (χ1) is 7.69. The highest BCUT2D eigenvalue weighted by Crippen LogP contribution is 2.31. The van der Waals surface area contributed by atoms with Crippen LogP contribution in [0.1, 0.15) is 31.1 Å². The zero-order chi connectivity index (χ0) is 12.0. The Morgan fingerprint density at radius 3 is 2.62 bits per heavy atom. The summed E-state index contributed by atoms with van der Waals surface area (Å²) in [7, 11) is 0. The molecule has 1 rings (SSSR count). The van der Waals surface area contributed by atoms with Gasteiger partial charge in [0.05, 0.1) is 0 Å². The van der Waals surface area contributed by atoms with E-state index in [9.17, 15) is 4.39 Å². The number of halogens is 1. The molecule has 1 aromatic carbocycles. The summed E-state index contributed by atoms with van der Waals surface area (Å²) in [4.78, 5) is 0. The van der Waals surface area contributed by atoms with Gasteiger partial charge in [-0.05, 0) is 17.7 Å². The molecule has 0 fully saturated rings. The first-order valence-electron chi connectivity index (χ1n) is 5.75. The van der Waals surface area contributed by atoms with Crippen LogP contribution < -0.4 is 5.73 Å². The lowest BCUT2D eigenvalue weighted by molar-refractivity contribution is 0.606. The van der Waals surface area contributed by atoms with Crippen LogP contribution in [0.15, 0.2) is 24.3 Å². The van der Waals surface area contributed by atoms with Gasteiger partial charge in [0, 0.05) is 17.4 Å². The molecule has 0 saturated carbocycles. The molecule has 0 aliphatic heterocycles. The molecule has 0 aliphatic rings. The fourth-order valence-electron chi connectivity index (χ4n) is 1.42. The van der Waals surface area contributed by atoms with Gasteiger partial charge in [-0.2, -0.15) is 11.8 Å². The van der Waals surface area contributed by atoms with Crippen LogP contribution in [0.5, 0.6) is 0 Å². The molecule has 2 N–H and O–H groups in total. The molecule has 0 amide bonds. The number of rotatable bonds is 6. The maximum Gasteiger partial charge on any atom is 0.127 e. The molecular weight excluding hydrogens is 221 g/mol. The highest BCUT2D eigenvalue weighted by Gasteiger charge is 2.15. The Kier molecular flexibility index (Phi) is 5.85. The van der Waals surface area contributed by atoms with Crippen LogP contribution >= 0.6 is 11.8 Å². The first-order valence-corrected chi connectivity index (χ1v) is 6.80. The zero-order valence-electron chi connectivity index (χ0n) is 9.95. The lowest BCUT2D eigenvalue weighted by Crippen LogP contribution is -2.12. The number of benzene rings is 1. The van der Waals surface area contributed by atoms with E-state index >= 15 is 0 Å². The Morgan fingerprint density at radius 1 is 1.38 bits per heavy atom. The molecule has 0 saturated heterocycles. The molecule has 2 atom stereocenters. The molecular formula is C13H20FNS. The molecule has 0 spiro atoms. The van der Waals surface area contributed by atoms with Gasteiger partial charge >= 0.3 is 0 Å². The lowest BCUT2D eigenvalue weighted by Gasteiger charge is -2.17. The van der Waals surface area contributed by atoms with Crippen LogP contribution in [0, 0.1) is 11.7 Å². The van der Waals surface area contributed by atoms with Crippen molar-refractivity contribution in [3.8, 4) is 0 Å². The Balaban J connectivity index is 2.64. The van der Waals surface area contributed by atoms with Crippen molar-refractivity contribution in [1.29, 1.82) is 0 Å². The number of thioether (sulfide) groups is 1. The minimum Gasteiger partial charge on any atom is -0.329 e. The van der Waals surface area contributed by atoms with Crippen molar-refractivity contribution in [2.45, 2.75) is 25.5 Å². The second-order valence-electron chi connectivity index (χ2n) is 4.09. The highest BCUT2D eigenvalue weighted by molar-refractivity contribution is 7.99. The topological polar surface area (TPSA) is 26.0 Å². The number of hydrogen-bond donors (Lipinski definition) is 1. The highest BCUT2D eigenvalue weighted by atomic mass is 32.2. The Bertz CT molecular complexity index is 317. The molecule has 2 unspecified atom stereocenters. The third-order valence-electron chi connectivity index (χ3n) is 2.75. The van der Waals surface area contributed by atoms with E-state index in [0.29, 0.717) is 12.5 Å². The molecule has 90 valence electrons. The van der Waals surface area contributed by atoms with Gasteiger partial charge in [-0.15, -0.1) is 0 Å². The molecule has 0 aliphatic carbocycles. The van der Waals surface area contributed by atoms with E-state index in [4.69, 9.17) is 5.73 Å². The molecule has 1 nitrogen and oxygen atoms in total. The van der Waals surface area contributed by atoms with Crippen molar-refractivity contribution in [2.24, 2.45) is 11.7 Å².